The van der Waals surface area contributed by atoms with E-state index in [2.05, 4.69) is 32.3 Å². The van der Waals surface area contributed by atoms with Crippen LogP contribution in [0.5, 0.6) is 0 Å². The summed E-state index contributed by atoms with van der Waals surface area (Å²) in [5.41, 5.74) is 0. The van der Waals surface area contributed by atoms with Crippen molar-refractivity contribution in [3.63, 3.8) is 0 Å². The van der Waals surface area contributed by atoms with E-state index in [0.717, 1.165) is 24.6 Å². The van der Waals surface area contributed by atoms with Gasteiger partial charge in [0.1, 0.15) is 0 Å². The van der Waals surface area contributed by atoms with Crippen molar-refractivity contribution in [2.24, 2.45) is 4.99 Å². The highest BCUT2D eigenvalue weighted by molar-refractivity contribution is 14.0. The monoisotopic (exact) mass is 477 g/mol. The molecule has 3 rings (SSSR count). The molecule has 6 heteroatoms. The molecule has 152 valence electrons. The van der Waals surface area contributed by atoms with Crippen molar-refractivity contribution in [1.82, 2.24) is 20.4 Å². The summed E-state index contributed by atoms with van der Waals surface area (Å²) in [5, 5.41) is 7.16. The van der Waals surface area contributed by atoms with E-state index in [1.54, 1.807) is 0 Å². The maximum Gasteiger partial charge on any atom is 0.191 e. The lowest BCUT2D eigenvalue weighted by Gasteiger charge is -2.26. The average Bonchev–Trinajstić information content (AvgIpc) is 3.41. The Kier molecular flexibility index (Phi) is 9.99. The summed E-state index contributed by atoms with van der Waals surface area (Å²) in [7, 11) is 1.89. The molecular formula is C20H40IN5. The molecule has 1 saturated carbocycles. The third kappa shape index (κ3) is 7.15. The Balaban J connectivity index is 0.00000243. The van der Waals surface area contributed by atoms with Gasteiger partial charge in [0, 0.05) is 38.3 Å². The van der Waals surface area contributed by atoms with Gasteiger partial charge in [-0.25, -0.2) is 0 Å². The van der Waals surface area contributed by atoms with Crippen LogP contribution in [-0.2, 0) is 0 Å². The summed E-state index contributed by atoms with van der Waals surface area (Å²) >= 11 is 0. The van der Waals surface area contributed by atoms with Gasteiger partial charge in [-0.2, -0.15) is 0 Å². The van der Waals surface area contributed by atoms with Crippen LogP contribution in [0.1, 0.15) is 64.7 Å². The minimum absolute atomic E-state index is 0. The second-order valence-corrected chi connectivity index (χ2v) is 8.32. The van der Waals surface area contributed by atoms with Crippen molar-refractivity contribution in [2.45, 2.75) is 82.8 Å². The van der Waals surface area contributed by atoms with Crippen LogP contribution in [-0.4, -0.2) is 73.7 Å². The standard InChI is InChI=1S/C20H39N5.HI/c1-17-15-18(16-25(17)19-9-10-19)23-20(21-2)22-11-5-3-6-12-24-13-7-4-8-14-24;/h17-19H,3-16H2,1-2H3,(H2,21,22,23);1H. The lowest BCUT2D eigenvalue weighted by atomic mass is 10.1. The SMILES string of the molecule is CN=C(NCCCCCN1CCCCC1)NC1CC(C)N(C2CC2)C1.I. The normalized spacial score (nSPS) is 28.0. The van der Waals surface area contributed by atoms with Gasteiger partial charge in [-0.05, 0) is 71.5 Å². The lowest BCUT2D eigenvalue weighted by molar-refractivity contribution is 0.224. The first-order valence-electron chi connectivity index (χ1n) is 10.7. The van der Waals surface area contributed by atoms with Gasteiger partial charge in [0.2, 0.25) is 0 Å². The first-order chi connectivity index (χ1) is 12.3. The highest BCUT2D eigenvalue weighted by Crippen LogP contribution is 2.33. The summed E-state index contributed by atoms with van der Waals surface area (Å²) in [6.07, 6.45) is 12.2. The number of hydrogen-bond donors (Lipinski definition) is 2. The molecule has 5 nitrogen and oxygen atoms in total. The first-order valence-corrected chi connectivity index (χ1v) is 10.7. The van der Waals surface area contributed by atoms with Crippen LogP contribution >= 0.6 is 24.0 Å². The molecule has 2 N–H and O–H groups in total. The summed E-state index contributed by atoms with van der Waals surface area (Å²) in [6.45, 7) is 8.54. The van der Waals surface area contributed by atoms with Crippen molar-refractivity contribution in [1.29, 1.82) is 0 Å². The Labute approximate surface area is 177 Å². The van der Waals surface area contributed by atoms with Crippen LogP contribution in [0.2, 0.25) is 0 Å². The second-order valence-electron chi connectivity index (χ2n) is 8.32. The van der Waals surface area contributed by atoms with E-state index in [1.807, 2.05) is 7.05 Å². The molecule has 2 atom stereocenters. The fraction of sp³-hybridized carbons (Fsp3) is 0.950. The van der Waals surface area contributed by atoms with Crippen molar-refractivity contribution < 1.29 is 0 Å². The molecule has 2 aliphatic heterocycles. The predicted molar refractivity (Wildman–Crippen MR) is 122 cm³/mol. The molecular weight excluding hydrogens is 437 g/mol. The van der Waals surface area contributed by atoms with Gasteiger partial charge in [-0.15, -0.1) is 24.0 Å². The Hall–Kier alpha value is -0.0800. The van der Waals surface area contributed by atoms with Crippen LogP contribution < -0.4 is 10.6 Å². The van der Waals surface area contributed by atoms with Gasteiger partial charge < -0.3 is 15.5 Å². The Morgan fingerprint density at radius 3 is 2.54 bits per heavy atom. The third-order valence-corrected chi connectivity index (χ3v) is 6.10. The molecule has 3 fully saturated rings. The largest absolute Gasteiger partial charge is 0.356 e. The van der Waals surface area contributed by atoms with Crippen LogP contribution in [0.25, 0.3) is 0 Å². The van der Waals surface area contributed by atoms with E-state index in [-0.39, 0.29) is 24.0 Å². The maximum absolute atomic E-state index is 4.42. The van der Waals surface area contributed by atoms with Gasteiger partial charge in [0.25, 0.3) is 0 Å². The van der Waals surface area contributed by atoms with Gasteiger partial charge in [0.15, 0.2) is 5.96 Å². The molecule has 2 unspecified atom stereocenters. The molecule has 0 bridgehead atoms. The summed E-state index contributed by atoms with van der Waals surface area (Å²) in [4.78, 5) is 9.75. The molecule has 26 heavy (non-hydrogen) atoms. The van der Waals surface area contributed by atoms with Crippen LogP contribution in [0, 0.1) is 0 Å². The van der Waals surface area contributed by atoms with Crippen molar-refractivity contribution in [2.75, 3.05) is 39.8 Å². The minimum Gasteiger partial charge on any atom is -0.356 e. The van der Waals surface area contributed by atoms with Crippen LogP contribution in [0.3, 0.4) is 0 Å². The number of unbranched alkanes of at least 4 members (excludes halogenated alkanes) is 2. The molecule has 0 aromatic carbocycles. The number of aliphatic imine (C=N–C) groups is 1. The van der Waals surface area contributed by atoms with Gasteiger partial charge in [-0.3, -0.25) is 9.89 Å². The van der Waals surface area contributed by atoms with E-state index in [9.17, 15) is 0 Å². The molecule has 0 radical (unpaired) electrons. The van der Waals surface area contributed by atoms with E-state index < -0.39 is 0 Å². The molecule has 0 aromatic heterocycles. The topological polar surface area (TPSA) is 42.9 Å². The lowest BCUT2D eigenvalue weighted by Crippen LogP contribution is -2.45. The molecule has 1 aliphatic carbocycles. The zero-order valence-electron chi connectivity index (χ0n) is 16.9. The van der Waals surface area contributed by atoms with E-state index >= 15 is 0 Å². The van der Waals surface area contributed by atoms with E-state index in [0.29, 0.717) is 6.04 Å². The van der Waals surface area contributed by atoms with Gasteiger partial charge in [-0.1, -0.05) is 12.8 Å². The summed E-state index contributed by atoms with van der Waals surface area (Å²) < 4.78 is 0. The Morgan fingerprint density at radius 2 is 1.85 bits per heavy atom. The minimum atomic E-state index is 0. The Bertz CT molecular complexity index is 420. The second kappa shape index (κ2) is 11.7. The highest BCUT2D eigenvalue weighted by Gasteiger charge is 2.38. The predicted octanol–water partition coefficient (Wildman–Crippen LogP) is 3.05. The van der Waals surface area contributed by atoms with Gasteiger partial charge >= 0.3 is 0 Å². The Morgan fingerprint density at radius 1 is 1.08 bits per heavy atom. The van der Waals surface area contributed by atoms with Crippen molar-refractivity contribution in [3.8, 4) is 0 Å². The first kappa shape index (κ1) is 22.2. The number of likely N-dealkylation sites (tertiary alicyclic amines) is 2. The van der Waals surface area contributed by atoms with Crippen molar-refractivity contribution >= 4 is 29.9 Å². The quantitative estimate of drug-likeness (QED) is 0.244. The van der Waals surface area contributed by atoms with E-state index in [1.165, 1.54) is 84.0 Å². The van der Waals surface area contributed by atoms with Gasteiger partial charge in [0.05, 0.1) is 0 Å². The van der Waals surface area contributed by atoms with Crippen LogP contribution in [0.15, 0.2) is 4.99 Å². The average molecular weight is 477 g/mol. The number of nitrogens with zero attached hydrogens (tertiary/aromatic N) is 3. The fourth-order valence-corrected chi connectivity index (χ4v) is 4.49. The molecule has 3 aliphatic rings. The number of nitrogens with one attached hydrogen (secondary N) is 2. The van der Waals surface area contributed by atoms with E-state index in [4.69, 9.17) is 0 Å². The molecule has 2 heterocycles. The summed E-state index contributed by atoms with van der Waals surface area (Å²) in [6, 6.07) is 2.15. The highest BCUT2D eigenvalue weighted by atomic mass is 127. The fourth-order valence-electron chi connectivity index (χ4n) is 4.49. The zero-order chi connectivity index (χ0) is 17.5. The number of piperidine rings is 1. The van der Waals surface area contributed by atoms with Crippen LogP contribution in [0.4, 0.5) is 0 Å². The molecule has 0 aromatic rings. The molecule has 0 spiro atoms. The summed E-state index contributed by atoms with van der Waals surface area (Å²) in [5.74, 6) is 0.992. The maximum atomic E-state index is 4.42. The molecule has 0 amide bonds. The number of rotatable bonds is 8. The number of guanidine groups is 1. The third-order valence-electron chi connectivity index (χ3n) is 6.10. The van der Waals surface area contributed by atoms with Crippen molar-refractivity contribution in [3.05, 3.63) is 0 Å². The molecule has 2 saturated heterocycles. The smallest absolute Gasteiger partial charge is 0.191 e. The number of halogens is 1. The zero-order valence-corrected chi connectivity index (χ0v) is 19.2. The number of hydrogen-bond acceptors (Lipinski definition) is 3.